The first-order chi connectivity index (χ1) is 18.0. The molecule has 2 aliphatic heterocycles. The van der Waals surface area contributed by atoms with Crippen molar-refractivity contribution in [3.8, 4) is 5.88 Å². The lowest BCUT2D eigenvalue weighted by atomic mass is 9.83. The number of piperidine rings is 1. The van der Waals surface area contributed by atoms with E-state index in [1.807, 2.05) is 63.7 Å². The first-order valence-electron chi connectivity index (χ1n) is 12.4. The maximum atomic E-state index is 12.5. The van der Waals surface area contributed by atoms with Crippen molar-refractivity contribution in [1.82, 2.24) is 14.0 Å². The number of aromatic nitrogens is 2. The van der Waals surface area contributed by atoms with Gasteiger partial charge in [0, 0.05) is 47.2 Å². The van der Waals surface area contributed by atoms with E-state index < -0.39 is 0 Å². The van der Waals surface area contributed by atoms with Crippen LogP contribution in [0.3, 0.4) is 0 Å². The van der Waals surface area contributed by atoms with Crippen LogP contribution in [0, 0.1) is 5.92 Å². The molecule has 1 saturated heterocycles. The summed E-state index contributed by atoms with van der Waals surface area (Å²) in [5.74, 6) is 0.254. The predicted octanol–water partition coefficient (Wildman–Crippen LogP) is 5.20. The number of likely N-dealkylation sites (tertiary alicyclic amines) is 1. The number of amides is 1. The van der Waals surface area contributed by atoms with Crippen molar-refractivity contribution in [2.45, 2.75) is 32.0 Å². The zero-order valence-corrected chi connectivity index (χ0v) is 21.7. The summed E-state index contributed by atoms with van der Waals surface area (Å²) in [7, 11) is 0. The molecule has 1 amide bonds. The van der Waals surface area contributed by atoms with Gasteiger partial charge in [-0.2, -0.15) is 0 Å². The first-order valence-corrected chi connectivity index (χ1v) is 13.2. The number of hydrogen-bond acceptors (Lipinski definition) is 5. The number of carbonyl (C=O) groups excluding carboxylic acids is 1. The molecule has 1 fully saturated rings. The van der Waals surface area contributed by atoms with Crippen LogP contribution in [0.5, 0.6) is 5.88 Å². The SMILES string of the molecule is O=C(Cc1ccccc1)N=Nc1c(O)n(CN2C[C@@H]3C[C@@H](C2)c2cccc(=O)n2C3)c2ccc(Br)cc12. The third-order valence-corrected chi connectivity index (χ3v) is 7.82. The van der Waals surface area contributed by atoms with Crippen molar-refractivity contribution in [3.63, 3.8) is 0 Å². The average Bonchev–Trinajstić information content (AvgIpc) is 3.13. The fraction of sp³-hybridized carbons (Fsp3) is 0.286. The van der Waals surface area contributed by atoms with E-state index in [0.29, 0.717) is 12.6 Å². The molecule has 0 saturated carbocycles. The largest absolute Gasteiger partial charge is 0.493 e. The van der Waals surface area contributed by atoms with E-state index in [1.165, 1.54) is 0 Å². The normalized spacial score (nSPS) is 19.4. The molecule has 1 N–H and O–H groups in total. The summed E-state index contributed by atoms with van der Waals surface area (Å²) < 4.78 is 4.59. The Hall–Kier alpha value is -3.56. The Morgan fingerprint density at radius 3 is 2.70 bits per heavy atom. The molecule has 37 heavy (non-hydrogen) atoms. The molecule has 2 aliphatic rings. The van der Waals surface area contributed by atoms with E-state index in [1.54, 1.807) is 6.07 Å². The highest BCUT2D eigenvalue weighted by Gasteiger charge is 2.35. The Morgan fingerprint density at radius 2 is 1.86 bits per heavy atom. The highest BCUT2D eigenvalue weighted by Crippen LogP contribution is 2.41. The van der Waals surface area contributed by atoms with Gasteiger partial charge in [-0.05, 0) is 42.2 Å². The van der Waals surface area contributed by atoms with Crippen molar-refractivity contribution >= 4 is 38.4 Å². The number of azo groups is 1. The topological polar surface area (TPSA) is 92.2 Å². The van der Waals surface area contributed by atoms with Crippen LogP contribution in [0.15, 0.2) is 86.2 Å². The smallest absolute Gasteiger partial charge is 0.269 e. The molecular weight excluding hydrogens is 534 g/mol. The maximum Gasteiger partial charge on any atom is 0.269 e. The third kappa shape index (κ3) is 4.65. The van der Waals surface area contributed by atoms with Gasteiger partial charge in [0.1, 0.15) is 0 Å². The molecule has 2 aromatic heterocycles. The number of hydrogen-bond donors (Lipinski definition) is 1. The summed E-state index contributed by atoms with van der Waals surface area (Å²) in [6.45, 7) is 2.82. The Labute approximate surface area is 222 Å². The van der Waals surface area contributed by atoms with Crippen LogP contribution in [-0.4, -0.2) is 38.1 Å². The number of aromatic hydroxyl groups is 1. The zero-order valence-electron chi connectivity index (χ0n) is 20.1. The van der Waals surface area contributed by atoms with Gasteiger partial charge in [0.25, 0.3) is 11.5 Å². The van der Waals surface area contributed by atoms with E-state index in [2.05, 4.69) is 37.1 Å². The fourth-order valence-corrected chi connectivity index (χ4v) is 6.12. The predicted molar refractivity (Wildman–Crippen MR) is 144 cm³/mol. The van der Waals surface area contributed by atoms with Crippen LogP contribution in [0.2, 0.25) is 0 Å². The second-order valence-electron chi connectivity index (χ2n) is 9.89. The van der Waals surface area contributed by atoms with Gasteiger partial charge in [0.2, 0.25) is 5.88 Å². The standard InChI is InChI=1S/C28H26BrN5O3/c29-21-9-10-24-22(13-21)27(31-30-25(35)12-18-5-2-1-3-6-18)28(37)34(24)17-32-14-19-11-20(16-32)23-7-4-8-26(36)33(23)15-19/h1-10,13,19-20,37H,11-12,14-17H2/t19-,20-/m0/s1. The minimum absolute atomic E-state index is 0.0169. The van der Waals surface area contributed by atoms with Gasteiger partial charge in [-0.3, -0.25) is 19.1 Å². The molecule has 4 aromatic rings. The molecule has 4 heterocycles. The summed E-state index contributed by atoms with van der Waals surface area (Å²) in [5, 5.41) is 20.1. The number of benzene rings is 2. The third-order valence-electron chi connectivity index (χ3n) is 7.33. The van der Waals surface area contributed by atoms with E-state index in [9.17, 15) is 14.7 Å². The molecule has 188 valence electrons. The number of nitrogens with zero attached hydrogens (tertiary/aromatic N) is 5. The molecule has 2 bridgehead atoms. The summed E-state index contributed by atoms with van der Waals surface area (Å²) in [6.07, 6.45) is 1.21. The molecule has 9 heteroatoms. The van der Waals surface area contributed by atoms with Gasteiger partial charge in [0.05, 0.1) is 18.6 Å². The van der Waals surface area contributed by atoms with E-state index in [0.717, 1.165) is 52.7 Å². The average molecular weight is 560 g/mol. The summed E-state index contributed by atoms with van der Waals surface area (Å²) in [4.78, 5) is 27.2. The molecule has 0 aliphatic carbocycles. The lowest BCUT2D eigenvalue weighted by molar-refractivity contribution is -0.117. The van der Waals surface area contributed by atoms with Gasteiger partial charge in [-0.15, -0.1) is 10.2 Å². The number of halogens is 1. The fourth-order valence-electron chi connectivity index (χ4n) is 5.76. The minimum Gasteiger partial charge on any atom is -0.493 e. The van der Waals surface area contributed by atoms with E-state index in [4.69, 9.17) is 0 Å². The molecular formula is C28H26BrN5O3. The van der Waals surface area contributed by atoms with Gasteiger partial charge >= 0.3 is 0 Å². The number of rotatable bonds is 5. The number of fused-ring (bicyclic) bond motifs is 5. The van der Waals surface area contributed by atoms with Crippen molar-refractivity contribution < 1.29 is 9.90 Å². The van der Waals surface area contributed by atoms with E-state index in [-0.39, 0.29) is 35.4 Å². The number of carbonyl (C=O) groups is 1. The van der Waals surface area contributed by atoms with Crippen molar-refractivity contribution in [1.29, 1.82) is 0 Å². The van der Waals surface area contributed by atoms with Gasteiger partial charge in [-0.25, -0.2) is 0 Å². The Kier molecular flexibility index (Phi) is 6.26. The summed E-state index contributed by atoms with van der Waals surface area (Å²) >= 11 is 3.51. The molecule has 2 aromatic carbocycles. The van der Waals surface area contributed by atoms with Crippen LogP contribution in [0.1, 0.15) is 23.6 Å². The quantitative estimate of drug-likeness (QED) is 0.340. The van der Waals surface area contributed by atoms with Crippen LogP contribution < -0.4 is 5.56 Å². The second kappa shape index (κ2) is 9.72. The molecule has 6 rings (SSSR count). The Bertz CT molecular complexity index is 1580. The van der Waals surface area contributed by atoms with Crippen LogP contribution in [-0.2, 0) is 24.4 Å². The zero-order chi connectivity index (χ0) is 25.5. The summed E-state index contributed by atoms with van der Waals surface area (Å²) in [5.41, 5.74) is 3.12. The van der Waals surface area contributed by atoms with Gasteiger partial charge < -0.3 is 9.67 Å². The highest BCUT2D eigenvalue weighted by atomic mass is 79.9. The maximum absolute atomic E-state index is 12.5. The molecule has 0 spiro atoms. The van der Waals surface area contributed by atoms with Crippen LogP contribution in [0.25, 0.3) is 10.9 Å². The lowest BCUT2D eigenvalue weighted by Crippen LogP contribution is -2.47. The molecule has 8 nitrogen and oxygen atoms in total. The first kappa shape index (κ1) is 23.8. The van der Waals surface area contributed by atoms with Crippen molar-refractivity contribution in [2.75, 3.05) is 13.1 Å². The van der Waals surface area contributed by atoms with Gasteiger partial charge in [-0.1, -0.05) is 52.3 Å². The van der Waals surface area contributed by atoms with Crippen molar-refractivity contribution in [2.24, 2.45) is 16.1 Å². The Balaban J connectivity index is 1.28. The highest BCUT2D eigenvalue weighted by molar-refractivity contribution is 9.10. The molecule has 2 atom stereocenters. The van der Waals surface area contributed by atoms with Crippen molar-refractivity contribution in [3.05, 3.63) is 92.8 Å². The molecule has 0 unspecified atom stereocenters. The second-order valence-corrected chi connectivity index (χ2v) is 10.8. The van der Waals surface area contributed by atoms with E-state index >= 15 is 0 Å². The van der Waals surface area contributed by atoms with Crippen LogP contribution >= 0.6 is 15.9 Å². The number of pyridine rings is 1. The van der Waals surface area contributed by atoms with Crippen LogP contribution in [0.4, 0.5) is 5.69 Å². The minimum atomic E-state index is -0.376. The Morgan fingerprint density at radius 1 is 1.03 bits per heavy atom. The molecule has 0 radical (unpaired) electrons. The van der Waals surface area contributed by atoms with Gasteiger partial charge in [0.15, 0.2) is 5.69 Å². The summed E-state index contributed by atoms with van der Waals surface area (Å²) in [6, 6.07) is 20.7. The lowest BCUT2D eigenvalue weighted by Gasteiger charge is -2.42. The monoisotopic (exact) mass is 559 g/mol.